The van der Waals surface area contributed by atoms with E-state index in [0.29, 0.717) is 11.8 Å². The number of rotatable bonds is 4. The minimum absolute atomic E-state index is 0.653. The highest BCUT2D eigenvalue weighted by atomic mass is 15.1. The van der Waals surface area contributed by atoms with E-state index in [-0.39, 0.29) is 0 Å². The van der Waals surface area contributed by atoms with Crippen molar-refractivity contribution >= 4 is 0 Å². The number of nitrogens with one attached hydrogen (secondary N) is 1. The zero-order chi connectivity index (χ0) is 14.8. The van der Waals surface area contributed by atoms with E-state index in [1.54, 1.807) is 0 Å². The summed E-state index contributed by atoms with van der Waals surface area (Å²) >= 11 is 0. The van der Waals surface area contributed by atoms with Crippen LogP contribution in [0.15, 0.2) is 30.3 Å². The summed E-state index contributed by atoms with van der Waals surface area (Å²) in [6, 6.07) is 10.6. The van der Waals surface area contributed by atoms with Gasteiger partial charge in [0, 0.05) is 37.3 Å². The SMILES string of the molecule is CC(C)C(C)Cn1c(-c2ccccc2)nc2c1CCNC2. The van der Waals surface area contributed by atoms with Crippen LogP contribution >= 0.6 is 0 Å². The summed E-state index contributed by atoms with van der Waals surface area (Å²) in [5.41, 5.74) is 3.89. The molecule has 0 aliphatic carbocycles. The van der Waals surface area contributed by atoms with Gasteiger partial charge in [0.05, 0.1) is 5.69 Å². The maximum Gasteiger partial charge on any atom is 0.140 e. The van der Waals surface area contributed by atoms with Crippen molar-refractivity contribution in [3.05, 3.63) is 41.7 Å². The Kier molecular flexibility index (Phi) is 4.11. The predicted octanol–water partition coefficient (Wildman–Crippen LogP) is 3.49. The average Bonchev–Trinajstić information content (AvgIpc) is 2.87. The van der Waals surface area contributed by atoms with Crippen molar-refractivity contribution < 1.29 is 0 Å². The van der Waals surface area contributed by atoms with E-state index in [0.717, 1.165) is 31.9 Å². The van der Waals surface area contributed by atoms with Crippen LogP contribution in [0.2, 0.25) is 0 Å². The average molecular weight is 283 g/mol. The molecule has 0 fully saturated rings. The summed E-state index contributed by atoms with van der Waals surface area (Å²) in [4.78, 5) is 4.93. The van der Waals surface area contributed by atoms with Crippen LogP contribution < -0.4 is 5.32 Å². The molecule has 3 nitrogen and oxygen atoms in total. The third kappa shape index (κ3) is 2.88. The monoisotopic (exact) mass is 283 g/mol. The summed E-state index contributed by atoms with van der Waals surface area (Å²) in [6.07, 6.45) is 1.08. The number of hydrogen-bond donors (Lipinski definition) is 1. The molecule has 0 radical (unpaired) electrons. The molecule has 1 aliphatic heterocycles. The Balaban J connectivity index is 2.04. The minimum Gasteiger partial charge on any atom is -0.327 e. The van der Waals surface area contributed by atoms with Gasteiger partial charge < -0.3 is 9.88 Å². The molecule has 21 heavy (non-hydrogen) atoms. The van der Waals surface area contributed by atoms with E-state index >= 15 is 0 Å². The number of aromatic nitrogens is 2. The van der Waals surface area contributed by atoms with Crippen molar-refractivity contribution in [2.24, 2.45) is 11.8 Å². The number of nitrogens with zero attached hydrogens (tertiary/aromatic N) is 2. The zero-order valence-corrected chi connectivity index (χ0v) is 13.3. The summed E-state index contributed by atoms with van der Waals surface area (Å²) in [5.74, 6) is 2.48. The predicted molar refractivity (Wildman–Crippen MR) is 87.1 cm³/mol. The Bertz CT molecular complexity index is 598. The molecule has 1 unspecified atom stereocenters. The van der Waals surface area contributed by atoms with Crippen molar-refractivity contribution in [3.63, 3.8) is 0 Å². The number of fused-ring (bicyclic) bond motifs is 1. The largest absolute Gasteiger partial charge is 0.327 e. The van der Waals surface area contributed by atoms with E-state index in [1.807, 2.05) is 0 Å². The summed E-state index contributed by atoms with van der Waals surface area (Å²) in [7, 11) is 0. The first-order valence-corrected chi connectivity index (χ1v) is 8.01. The lowest BCUT2D eigenvalue weighted by molar-refractivity contribution is 0.360. The van der Waals surface area contributed by atoms with Crippen molar-refractivity contribution in [1.82, 2.24) is 14.9 Å². The van der Waals surface area contributed by atoms with Gasteiger partial charge in [0.15, 0.2) is 0 Å². The molecule has 1 N–H and O–H groups in total. The van der Waals surface area contributed by atoms with Crippen LogP contribution in [0.3, 0.4) is 0 Å². The highest BCUT2D eigenvalue weighted by Gasteiger charge is 2.22. The smallest absolute Gasteiger partial charge is 0.140 e. The number of benzene rings is 1. The fraction of sp³-hybridized carbons (Fsp3) is 0.500. The lowest BCUT2D eigenvalue weighted by atomic mass is 9.97. The van der Waals surface area contributed by atoms with Crippen LogP contribution in [0.25, 0.3) is 11.4 Å². The first kappa shape index (κ1) is 14.3. The summed E-state index contributed by atoms with van der Waals surface area (Å²) < 4.78 is 2.47. The first-order chi connectivity index (χ1) is 10.2. The molecule has 112 valence electrons. The topological polar surface area (TPSA) is 29.9 Å². The molecule has 1 aromatic carbocycles. The van der Waals surface area contributed by atoms with Gasteiger partial charge in [-0.25, -0.2) is 4.98 Å². The fourth-order valence-electron chi connectivity index (χ4n) is 2.87. The van der Waals surface area contributed by atoms with Gasteiger partial charge in [0.25, 0.3) is 0 Å². The zero-order valence-electron chi connectivity index (χ0n) is 13.3. The van der Waals surface area contributed by atoms with Gasteiger partial charge in [0.1, 0.15) is 5.82 Å². The Morgan fingerprint density at radius 3 is 2.67 bits per heavy atom. The lowest BCUT2D eigenvalue weighted by Crippen LogP contribution is -2.26. The minimum atomic E-state index is 0.653. The van der Waals surface area contributed by atoms with Gasteiger partial charge in [0.2, 0.25) is 0 Å². The van der Waals surface area contributed by atoms with Crippen LogP contribution in [-0.2, 0) is 19.5 Å². The summed E-state index contributed by atoms with van der Waals surface area (Å²) in [6.45, 7) is 9.97. The Morgan fingerprint density at radius 1 is 1.19 bits per heavy atom. The molecule has 1 aromatic heterocycles. The molecule has 0 saturated heterocycles. The molecular weight excluding hydrogens is 258 g/mol. The van der Waals surface area contributed by atoms with E-state index in [9.17, 15) is 0 Å². The summed E-state index contributed by atoms with van der Waals surface area (Å²) in [5, 5.41) is 3.43. The maximum atomic E-state index is 4.93. The van der Waals surface area contributed by atoms with Crippen molar-refractivity contribution in [2.75, 3.05) is 6.54 Å². The van der Waals surface area contributed by atoms with Crippen LogP contribution in [0.1, 0.15) is 32.2 Å². The highest BCUT2D eigenvalue weighted by molar-refractivity contribution is 5.57. The van der Waals surface area contributed by atoms with Gasteiger partial charge in [-0.3, -0.25) is 0 Å². The molecule has 2 heterocycles. The highest BCUT2D eigenvalue weighted by Crippen LogP contribution is 2.27. The lowest BCUT2D eigenvalue weighted by Gasteiger charge is -2.21. The maximum absolute atomic E-state index is 4.93. The van der Waals surface area contributed by atoms with E-state index in [1.165, 1.54) is 17.0 Å². The molecule has 0 saturated carbocycles. The van der Waals surface area contributed by atoms with Gasteiger partial charge in [-0.2, -0.15) is 0 Å². The van der Waals surface area contributed by atoms with E-state index in [4.69, 9.17) is 4.98 Å². The molecule has 2 aromatic rings. The van der Waals surface area contributed by atoms with Gasteiger partial charge in [-0.1, -0.05) is 51.1 Å². The standard InChI is InChI=1S/C18H25N3/c1-13(2)14(3)12-21-17-9-10-19-11-16(17)20-18(21)15-7-5-4-6-8-15/h4-8,13-14,19H,9-12H2,1-3H3. The number of hydrogen-bond acceptors (Lipinski definition) is 2. The third-order valence-electron chi connectivity index (χ3n) is 4.63. The van der Waals surface area contributed by atoms with Gasteiger partial charge in [-0.15, -0.1) is 0 Å². The van der Waals surface area contributed by atoms with E-state index in [2.05, 4.69) is 61.0 Å². The van der Waals surface area contributed by atoms with Crippen molar-refractivity contribution in [3.8, 4) is 11.4 Å². The first-order valence-electron chi connectivity index (χ1n) is 8.01. The van der Waals surface area contributed by atoms with Crippen LogP contribution in [0, 0.1) is 11.8 Å². The normalized spacial score (nSPS) is 16.0. The molecule has 1 aliphatic rings. The van der Waals surface area contributed by atoms with E-state index < -0.39 is 0 Å². The molecule has 3 heteroatoms. The van der Waals surface area contributed by atoms with Crippen molar-refractivity contribution in [2.45, 2.75) is 40.3 Å². The molecule has 3 rings (SSSR count). The fourth-order valence-corrected chi connectivity index (χ4v) is 2.87. The molecular formula is C18H25N3. The second-order valence-corrected chi connectivity index (χ2v) is 6.45. The molecule has 0 bridgehead atoms. The second kappa shape index (κ2) is 6.02. The van der Waals surface area contributed by atoms with Crippen LogP contribution in [0.5, 0.6) is 0 Å². The molecule has 0 spiro atoms. The number of imidazole rings is 1. The molecule has 1 atom stereocenters. The van der Waals surface area contributed by atoms with Crippen LogP contribution in [0.4, 0.5) is 0 Å². The Labute approximate surface area is 127 Å². The van der Waals surface area contributed by atoms with Gasteiger partial charge >= 0.3 is 0 Å². The Morgan fingerprint density at radius 2 is 1.95 bits per heavy atom. The molecule has 0 amide bonds. The van der Waals surface area contributed by atoms with Gasteiger partial charge in [-0.05, 0) is 11.8 Å². The van der Waals surface area contributed by atoms with Crippen molar-refractivity contribution in [1.29, 1.82) is 0 Å². The second-order valence-electron chi connectivity index (χ2n) is 6.45. The quantitative estimate of drug-likeness (QED) is 0.931. The van der Waals surface area contributed by atoms with Crippen LogP contribution in [-0.4, -0.2) is 16.1 Å². The third-order valence-corrected chi connectivity index (χ3v) is 4.63. The Hall–Kier alpha value is -1.61.